The van der Waals surface area contributed by atoms with Crippen molar-refractivity contribution in [3.63, 3.8) is 0 Å². The van der Waals surface area contributed by atoms with Crippen LogP contribution in [0.15, 0.2) is 4.99 Å². The third-order valence-electron chi connectivity index (χ3n) is 4.18. The van der Waals surface area contributed by atoms with E-state index in [1.807, 2.05) is 0 Å². The molecule has 0 aliphatic heterocycles. The second-order valence-electron chi connectivity index (χ2n) is 7.03. The van der Waals surface area contributed by atoms with Crippen LogP contribution in [-0.4, -0.2) is 44.5 Å². The van der Waals surface area contributed by atoms with E-state index in [4.69, 9.17) is 0 Å². The first-order chi connectivity index (χ1) is 9.65. The molecule has 1 aliphatic rings. The van der Waals surface area contributed by atoms with Crippen LogP contribution in [-0.2, 0) is 9.84 Å². The Balaban J connectivity index is 0.00000441. The summed E-state index contributed by atoms with van der Waals surface area (Å²) in [5.74, 6) is 1.65. The molecule has 132 valence electrons. The zero-order chi connectivity index (χ0) is 16.1. The van der Waals surface area contributed by atoms with Crippen molar-refractivity contribution in [3.8, 4) is 0 Å². The summed E-state index contributed by atoms with van der Waals surface area (Å²) in [6.45, 7) is 7.89. The van der Waals surface area contributed by atoms with Crippen molar-refractivity contribution in [2.75, 3.05) is 19.3 Å². The number of hydrogen-bond acceptors (Lipinski definition) is 3. The molecule has 1 rings (SSSR count). The van der Waals surface area contributed by atoms with Crippen LogP contribution in [0.3, 0.4) is 0 Å². The molecule has 1 fully saturated rings. The van der Waals surface area contributed by atoms with Crippen molar-refractivity contribution in [3.05, 3.63) is 0 Å². The van der Waals surface area contributed by atoms with Crippen LogP contribution in [0.5, 0.6) is 0 Å². The van der Waals surface area contributed by atoms with Crippen LogP contribution in [0.2, 0.25) is 0 Å². The van der Waals surface area contributed by atoms with E-state index in [2.05, 4.69) is 22.5 Å². The summed E-state index contributed by atoms with van der Waals surface area (Å²) in [5, 5.41) is 6.51. The van der Waals surface area contributed by atoms with Crippen molar-refractivity contribution >= 4 is 39.8 Å². The fourth-order valence-electron chi connectivity index (χ4n) is 2.40. The van der Waals surface area contributed by atoms with E-state index in [1.165, 1.54) is 12.8 Å². The van der Waals surface area contributed by atoms with Crippen LogP contribution >= 0.6 is 24.0 Å². The predicted molar refractivity (Wildman–Crippen MR) is 105 cm³/mol. The molecule has 5 nitrogen and oxygen atoms in total. The van der Waals surface area contributed by atoms with Gasteiger partial charge in [0.25, 0.3) is 0 Å². The van der Waals surface area contributed by atoms with Crippen LogP contribution < -0.4 is 10.6 Å². The van der Waals surface area contributed by atoms with Crippen molar-refractivity contribution in [2.24, 2.45) is 10.9 Å². The number of hydrogen-bond donors (Lipinski definition) is 2. The normalized spacial score (nSPS) is 23.6. The molecule has 0 aromatic carbocycles. The maximum absolute atomic E-state index is 12.0. The molecule has 0 aromatic heterocycles. The number of guanidine groups is 1. The van der Waals surface area contributed by atoms with Crippen molar-refractivity contribution in [1.29, 1.82) is 0 Å². The molecular formula is C15H32IN3O2S. The third kappa shape index (κ3) is 7.02. The minimum Gasteiger partial charge on any atom is -0.355 e. The van der Waals surface area contributed by atoms with Gasteiger partial charge in [0.1, 0.15) is 0 Å². The predicted octanol–water partition coefficient (Wildman–Crippen LogP) is 2.56. The second-order valence-corrected chi connectivity index (χ2v) is 9.89. The van der Waals surface area contributed by atoms with Gasteiger partial charge < -0.3 is 10.6 Å². The molecule has 0 aromatic rings. The lowest BCUT2D eigenvalue weighted by molar-refractivity contribution is 0.329. The number of rotatable bonds is 4. The maximum atomic E-state index is 12.0. The number of halogens is 1. The summed E-state index contributed by atoms with van der Waals surface area (Å²) >= 11 is 0. The molecule has 0 saturated heterocycles. The molecule has 0 atom stereocenters. The van der Waals surface area contributed by atoms with Gasteiger partial charge in [0.05, 0.1) is 10.5 Å². The molecule has 2 N–H and O–H groups in total. The van der Waals surface area contributed by atoms with Gasteiger partial charge in [-0.1, -0.05) is 6.92 Å². The number of nitrogens with zero attached hydrogens (tertiary/aromatic N) is 1. The maximum Gasteiger partial charge on any atom is 0.191 e. The average Bonchev–Trinajstić information content (AvgIpc) is 2.38. The molecule has 0 heterocycles. The lowest BCUT2D eigenvalue weighted by atomic mass is 9.87. The highest BCUT2D eigenvalue weighted by molar-refractivity contribution is 14.0. The fraction of sp³-hybridized carbons (Fsp3) is 0.933. The minimum atomic E-state index is -3.09. The third-order valence-corrected chi connectivity index (χ3v) is 6.78. The Morgan fingerprint density at radius 1 is 1.18 bits per heavy atom. The summed E-state index contributed by atoms with van der Waals surface area (Å²) in [7, 11) is -1.37. The topological polar surface area (TPSA) is 70.6 Å². The van der Waals surface area contributed by atoms with Crippen LogP contribution in [0, 0.1) is 5.92 Å². The largest absolute Gasteiger partial charge is 0.355 e. The summed E-state index contributed by atoms with van der Waals surface area (Å²) in [6, 6.07) is 0.451. The summed E-state index contributed by atoms with van der Waals surface area (Å²) in [6.07, 6.45) is 4.80. The van der Waals surface area contributed by atoms with E-state index in [9.17, 15) is 8.42 Å². The number of aliphatic imine (C=N–C) groups is 1. The Morgan fingerprint density at radius 3 is 2.18 bits per heavy atom. The van der Waals surface area contributed by atoms with Gasteiger partial charge in [-0.05, 0) is 52.4 Å². The van der Waals surface area contributed by atoms with Crippen molar-refractivity contribution < 1.29 is 8.42 Å². The lowest BCUT2D eigenvalue weighted by Crippen LogP contribution is -2.46. The lowest BCUT2D eigenvalue weighted by Gasteiger charge is -2.28. The molecule has 0 amide bonds. The monoisotopic (exact) mass is 445 g/mol. The summed E-state index contributed by atoms with van der Waals surface area (Å²) in [4.78, 5) is 4.18. The first kappa shape index (κ1) is 21.9. The summed E-state index contributed by atoms with van der Waals surface area (Å²) < 4.78 is 23.4. The highest BCUT2D eigenvalue weighted by atomic mass is 127. The Hall–Kier alpha value is -0.0500. The molecular weight excluding hydrogens is 413 g/mol. The Morgan fingerprint density at radius 2 is 1.73 bits per heavy atom. The molecule has 22 heavy (non-hydrogen) atoms. The van der Waals surface area contributed by atoms with E-state index >= 15 is 0 Å². The molecule has 7 heteroatoms. The van der Waals surface area contributed by atoms with Crippen molar-refractivity contribution in [1.82, 2.24) is 10.6 Å². The highest BCUT2D eigenvalue weighted by Gasteiger charge is 2.28. The van der Waals surface area contributed by atoms with Gasteiger partial charge in [0, 0.05) is 19.6 Å². The van der Waals surface area contributed by atoms with Gasteiger partial charge in [-0.15, -0.1) is 24.0 Å². The Labute approximate surface area is 153 Å². The molecule has 1 saturated carbocycles. The van der Waals surface area contributed by atoms with Crippen LogP contribution in [0.4, 0.5) is 0 Å². The van der Waals surface area contributed by atoms with Gasteiger partial charge in [0.2, 0.25) is 0 Å². The standard InChI is InChI=1S/C15H31N3O2S.HI/c1-12-6-8-13(9-7-12)18-14(16-5)17-10-11-21(19,20)15(2,3)4;/h12-13H,6-11H2,1-5H3,(H2,16,17,18);1H. The first-order valence-corrected chi connectivity index (χ1v) is 9.50. The van der Waals surface area contributed by atoms with Crippen LogP contribution in [0.1, 0.15) is 53.4 Å². The number of nitrogens with one attached hydrogen (secondary N) is 2. The summed E-state index contributed by atoms with van der Waals surface area (Å²) in [5.41, 5.74) is 0. The molecule has 0 spiro atoms. The average molecular weight is 445 g/mol. The molecule has 0 unspecified atom stereocenters. The smallest absolute Gasteiger partial charge is 0.191 e. The zero-order valence-corrected chi connectivity index (χ0v) is 17.6. The van der Waals surface area contributed by atoms with Gasteiger partial charge in [-0.25, -0.2) is 8.42 Å². The van der Waals surface area contributed by atoms with E-state index in [0.717, 1.165) is 18.8 Å². The molecule has 0 bridgehead atoms. The Bertz CT molecular complexity index is 450. The molecule has 1 aliphatic carbocycles. The quantitative estimate of drug-likeness (QED) is 0.397. The Kier molecular flexibility index (Phi) is 9.27. The second kappa shape index (κ2) is 9.30. The number of sulfone groups is 1. The van der Waals surface area contributed by atoms with Crippen molar-refractivity contribution in [2.45, 2.75) is 64.2 Å². The highest BCUT2D eigenvalue weighted by Crippen LogP contribution is 2.23. The van der Waals surface area contributed by atoms with E-state index in [1.54, 1.807) is 27.8 Å². The van der Waals surface area contributed by atoms with E-state index in [-0.39, 0.29) is 29.7 Å². The SMILES string of the molecule is CN=C(NCCS(=O)(=O)C(C)(C)C)NC1CCC(C)CC1.I. The first-order valence-electron chi connectivity index (χ1n) is 7.85. The zero-order valence-electron chi connectivity index (χ0n) is 14.5. The molecule has 0 radical (unpaired) electrons. The van der Waals surface area contributed by atoms with Gasteiger partial charge >= 0.3 is 0 Å². The van der Waals surface area contributed by atoms with Gasteiger partial charge in [-0.2, -0.15) is 0 Å². The van der Waals surface area contributed by atoms with E-state index < -0.39 is 14.6 Å². The minimum absolute atomic E-state index is 0. The van der Waals surface area contributed by atoms with E-state index in [0.29, 0.717) is 18.5 Å². The fourth-order valence-corrected chi connectivity index (χ4v) is 3.39. The van der Waals surface area contributed by atoms with Gasteiger partial charge in [0.15, 0.2) is 15.8 Å². The van der Waals surface area contributed by atoms with Gasteiger partial charge in [-0.3, -0.25) is 4.99 Å². The van der Waals surface area contributed by atoms with Crippen LogP contribution in [0.25, 0.3) is 0 Å².